The number of hydrogen-bond acceptors (Lipinski definition) is 3. The largest absolute Gasteiger partial charge is 0.508 e. The number of anilines is 1. The van der Waals surface area contributed by atoms with E-state index in [9.17, 15) is 5.11 Å². The Labute approximate surface area is 142 Å². The van der Waals surface area contributed by atoms with Crippen LogP contribution in [-0.2, 0) is 6.61 Å². The number of nitrogens with two attached hydrogens (primary N) is 1. The van der Waals surface area contributed by atoms with Gasteiger partial charge in [-0.2, -0.15) is 0 Å². The predicted octanol–water partition coefficient (Wildman–Crippen LogP) is 4.84. The molecule has 3 aromatic rings. The summed E-state index contributed by atoms with van der Waals surface area (Å²) in [5.74, 6) is 1.15. The van der Waals surface area contributed by atoms with E-state index >= 15 is 0 Å². The molecular weight excluding hydrogens is 298 g/mol. The first kappa shape index (κ1) is 15.9. The van der Waals surface area contributed by atoms with E-state index in [2.05, 4.69) is 0 Å². The van der Waals surface area contributed by atoms with Crippen LogP contribution in [0.15, 0.2) is 60.7 Å². The van der Waals surface area contributed by atoms with Gasteiger partial charge >= 0.3 is 0 Å². The van der Waals surface area contributed by atoms with Crippen molar-refractivity contribution in [2.75, 3.05) is 5.73 Å². The van der Waals surface area contributed by atoms with Gasteiger partial charge in [-0.1, -0.05) is 36.4 Å². The molecule has 3 N–H and O–H groups in total. The van der Waals surface area contributed by atoms with Gasteiger partial charge in [-0.05, 0) is 65.9 Å². The topological polar surface area (TPSA) is 55.5 Å². The molecule has 0 saturated carbocycles. The zero-order valence-corrected chi connectivity index (χ0v) is 13.9. The molecule has 0 spiro atoms. The number of phenols is 1. The molecule has 24 heavy (non-hydrogen) atoms. The molecule has 0 aliphatic carbocycles. The summed E-state index contributed by atoms with van der Waals surface area (Å²) in [4.78, 5) is 0. The van der Waals surface area contributed by atoms with Crippen molar-refractivity contribution in [1.29, 1.82) is 0 Å². The molecule has 0 radical (unpaired) electrons. The summed E-state index contributed by atoms with van der Waals surface area (Å²) in [5.41, 5.74) is 11.5. The molecule has 3 heteroatoms. The first-order valence-corrected chi connectivity index (χ1v) is 7.92. The summed E-state index contributed by atoms with van der Waals surface area (Å²) >= 11 is 0. The molecule has 3 aromatic carbocycles. The second kappa shape index (κ2) is 6.67. The lowest BCUT2D eigenvalue weighted by Crippen LogP contribution is -1.98. The van der Waals surface area contributed by atoms with Gasteiger partial charge in [0.25, 0.3) is 0 Å². The fourth-order valence-corrected chi connectivity index (χ4v) is 2.75. The second-order valence-corrected chi connectivity index (χ2v) is 5.91. The van der Waals surface area contributed by atoms with Crippen molar-refractivity contribution in [3.05, 3.63) is 77.4 Å². The average Bonchev–Trinajstić information content (AvgIpc) is 2.58. The second-order valence-electron chi connectivity index (χ2n) is 5.91. The highest BCUT2D eigenvalue weighted by atomic mass is 16.5. The van der Waals surface area contributed by atoms with Crippen molar-refractivity contribution < 1.29 is 9.84 Å². The molecule has 0 aliphatic heterocycles. The van der Waals surface area contributed by atoms with Crippen molar-refractivity contribution in [1.82, 2.24) is 0 Å². The summed E-state index contributed by atoms with van der Waals surface area (Å²) in [7, 11) is 0. The molecule has 3 nitrogen and oxygen atoms in total. The zero-order valence-electron chi connectivity index (χ0n) is 13.9. The highest BCUT2D eigenvalue weighted by Crippen LogP contribution is 2.35. The monoisotopic (exact) mass is 319 g/mol. The van der Waals surface area contributed by atoms with Crippen LogP contribution < -0.4 is 10.5 Å². The molecule has 0 bridgehead atoms. The highest BCUT2D eigenvalue weighted by molar-refractivity contribution is 5.74. The van der Waals surface area contributed by atoms with Gasteiger partial charge in [0, 0.05) is 5.69 Å². The third kappa shape index (κ3) is 3.20. The summed E-state index contributed by atoms with van der Waals surface area (Å²) in [6.07, 6.45) is 0. The van der Waals surface area contributed by atoms with E-state index in [0.717, 1.165) is 39.3 Å². The molecule has 0 unspecified atom stereocenters. The molecule has 0 aromatic heterocycles. The van der Waals surface area contributed by atoms with E-state index in [4.69, 9.17) is 10.5 Å². The van der Waals surface area contributed by atoms with Gasteiger partial charge in [0.05, 0.1) is 0 Å². The van der Waals surface area contributed by atoms with E-state index in [1.807, 2.05) is 68.4 Å². The molecule has 0 aliphatic rings. The third-order valence-corrected chi connectivity index (χ3v) is 4.25. The zero-order chi connectivity index (χ0) is 17.1. The van der Waals surface area contributed by atoms with Crippen LogP contribution >= 0.6 is 0 Å². The maximum Gasteiger partial charge on any atom is 0.123 e. The normalized spacial score (nSPS) is 10.6. The van der Waals surface area contributed by atoms with Gasteiger partial charge in [0.1, 0.15) is 18.1 Å². The average molecular weight is 319 g/mol. The fraction of sp³-hybridized carbons (Fsp3) is 0.143. The standard InChI is InChI=1S/C21H21NO2/c1-14-18(5-3-7-20(14)23)19-6-4-8-21(15(19)2)24-13-16-9-11-17(22)12-10-16/h3-12,23H,13,22H2,1-2H3. The molecule has 0 atom stereocenters. The van der Waals surface area contributed by atoms with Crippen molar-refractivity contribution in [3.63, 3.8) is 0 Å². The number of phenolic OH excluding ortho intramolecular Hbond substituents is 1. The van der Waals surface area contributed by atoms with Gasteiger partial charge in [0.2, 0.25) is 0 Å². The first-order chi connectivity index (χ1) is 11.6. The summed E-state index contributed by atoms with van der Waals surface area (Å²) in [6, 6.07) is 19.2. The molecular formula is C21H21NO2. The van der Waals surface area contributed by atoms with Crippen molar-refractivity contribution in [2.45, 2.75) is 20.5 Å². The number of hydrogen-bond donors (Lipinski definition) is 2. The summed E-state index contributed by atoms with van der Waals surface area (Å²) in [6.45, 7) is 4.45. The van der Waals surface area contributed by atoms with Gasteiger partial charge in [-0.3, -0.25) is 0 Å². The van der Waals surface area contributed by atoms with Gasteiger partial charge < -0.3 is 15.6 Å². The van der Waals surface area contributed by atoms with Crippen molar-refractivity contribution in [3.8, 4) is 22.6 Å². The molecule has 0 heterocycles. The van der Waals surface area contributed by atoms with Gasteiger partial charge in [-0.25, -0.2) is 0 Å². The highest BCUT2D eigenvalue weighted by Gasteiger charge is 2.11. The maximum atomic E-state index is 9.95. The Kier molecular flexibility index (Phi) is 4.43. The van der Waals surface area contributed by atoms with Crippen molar-refractivity contribution in [2.24, 2.45) is 0 Å². The molecule has 0 saturated heterocycles. The molecule has 0 amide bonds. The number of nitrogen functional groups attached to an aromatic ring is 1. The number of rotatable bonds is 4. The smallest absolute Gasteiger partial charge is 0.123 e. The van der Waals surface area contributed by atoms with Crippen LogP contribution in [0, 0.1) is 13.8 Å². The lowest BCUT2D eigenvalue weighted by atomic mass is 9.95. The van der Waals surface area contributed by atoms with E-state index < -0.39 is 0 Å². The maximum absolute atomic E-state index is 9.95. The Hall–Kier alpha value is -2.94. The minimum atomic E-state index is 0.306. The predicted molar refractivity (Wildman–Crippen MR) is 98.2 cm³/mol. The Morgan fingerprint density at radius 2 is 1.46 bits per heavy atom. The van der Waals surface area contributed by atoms with E-state index in [1.54, 1.807) is 6.07 Å². The molecule has 3 rings (SSSR count). The Morgan fingerprint density at radius 1 is 0.833 bits per heavy atom. The third-order valence-electron chi connectivity index (χ3n) is 4.25. The Morgan fingerprint density at radius 3 is 2.17 bits per heavy atom. The van der Waals surface area contributed by atoms with E-state index in [0.29, 0.717) is 12.4 Å². The van der Waals surface area contributed by atoms with Crippen LogP contribution in [0.2, 0.25) is 0 Å². The minimum absolute atomic E-state index is 0.306. The van der Waals surface area contributed by atoms with Crippen LogP contribution in [0.4, 0.5) is 5.69 Å². The first-order valence-electron chi connectivity index (χ1n) is 7.92. The van der Waals surface area contributed by atoms with Crippen molar-refractivity contribution >= 4 is 5.69 Å². The van der Waals surface area contributed by atoms with Crippen LogP contribution in [0.1, 0.15) is 16.7 Å². The fourth-order valence-electron chi connectivity index (χ4n) is 2.75. The molecule has 122 valence electrons. The quantitative estimate of drug-likeness (QED) is 0.677. The van der Waals surface area contributed by atoms with E-state index in [-0.39, 0.29) is 0 Å². The number of aromatic hydroxyl groups is 1. The van der Waals surface area contributed by atoms with Crippen LogP contribution in [0.25, 0.3) is 11.1 Å². The van der Waals surface area contributed by atoms with Crippen LogP contribution in [-0.4, -0.2) is 5.11 Å². The SMILES string of the molecule is Cc1c(O)cccc1-c1cccc(OCc2ccc(N)cc2)c1C. The Balaban J connectivity index is 1.88. The summed E-state index contributed by atoms with van der Waals surface area (Å²) < 4.78 is 5.99. The number of benzene rings is 3. The Bertz CT molecular complexity index is 854. The van der Waals surface area contributed by atoms with Gasteiger partial charge in [-0.15, -0.1) is 0 Å². The molecule has 0 fully saturated rings. The van der Waals surface area contributed by atoms with Gasteiger partial charge in [0.15, 0.2) is 0 Å². The van der Waals surface area contributed by atoms with Crippen LogP contribution in [0.5, 0.6) is 11.5 Å². The lowest BCUT2D eigenvalue weighted by Gasteiger charge is -2.15. The minimum Gasteiger partial charge on any atom is -0.508 e. The summed E-state index contributed by atoms with van der Waals surface area (Å²) in [5, 5.41) is 9.95. The lowest BCUT2D eigenvalue weighted by molar-refractivity contribution is 0.304. The van der Waals surface area contributed by atoms with Crippen LogP contribution in [0.3, 0.4) is 0 Å². The number of ether oxygens (including phenoxy) is 1. The van der Waals surface area contributed by atoms with E-state index in [1.165, 1.54) is 0 Å².